The quantitative estimate of drug-likeness (QED) is 0.669. The molecule has 0 saturated carbocycles. The number of imidazole rings is 1. The Hall–Kier alpha value is -1.36. The summed E-state index contributed by atoms with van der Waals surface area (Å²) in [7, 11) is 0. The molecule has 5 heteroatoms. The van der Waals surface area contributed by atoms with E-state index in [-0.39, 0.29) is 11.9 Å². The molecule has 4 N–H and O–H groups in total. The fourth-order valence-corrected chi connectivity index (χ4v) is 1.35. The molecule has 0 aliphatic carbocycles. The summed E-state index contributed by atoms with van der Waals surface area (Å²) >= 11 is 0. The summed E-state index contributed by atoms with van der Waals surface area (Å²) in [6.07, 6.45) is 4.99. The van der Waals surface area contributed by atoms with Gasteiger partial charge in [0.25, 0.3) is 0 Å². The van der Waals surface area contributed by atoms with Gasteiger partial charge < -0.3 is 16.0 Å². The second kappa shape index (κ2) is 5.50. The summed E-state index contributed by atoms with van der Waals surface area (Å²) < 4.78 is 0. The predicted molar refractivity (Wildman–Crippen MR) is 58.0 cm³/mol. The minimum absolute atomic E-state index is 0.124. The first-order valence-corrected chi connectivity index (χ1v) is 5.20. The smallest absolute Gasteiger partial charge is 0.237 e. The van der Waals surface area contributed by atoms with Crippen molar-refractivity contribution >= 4 is 5.91 Å². The summed E-state index contributed by atoms with van der Waals surface area (Å²) in [6, 6.07) is -0.553. The molecule has 84 valence electrons. The summed E-state index contributed by atoms with van der Waals surface area (Å²) in [5, 5.41) is 2.81. The van der Waals surface area contributed by atoms with E-state index in [0.717, 1.165) is 12.2 Å². The van der Waals surface area contributed by atoms with E-state index in [1.54, 1.807) is 12.4 Å². The molecule has 2 atom stereocenters. The number of H-pyrrole nitrogens is 1. The lowest BCUT2D eigenvalue weighted by atomic mass is 10.1. The van der Waals surface area contributed by atoms with Gasteiger partial charge in [0, 0.05) is 12.4 Å². The van der Waals surface area contributed by atoms with E-state index in [1.807, 2.05) is 13.8 Å². The number of aromatic amines is 1. The highest BCUT2D eigenvalue weighted by atomic mass is 16.2. The molecule has 1 unspecified atom stereocenters. The van der Waals surface area contributed by atoms with Crippen LogP contribution in [0.5, 0.6) is 0 Å². The van der Waals surface area contributed by atoms with Gasteiger partial charge in [-0.2, -0.15) is 0 Å². The third-order valence-corrected chi connectivity index (χ3v) is 2.22. The van der Waals surface area contributed by atoms with E-state index in [1.165, 1.54) is 0 Å². The number of hydrogen-bond donors (Lipinski definition) is 3. The SMILES string of the molecule is CCC[C@@H](N)C(=O)NC(C)c1ncc[nH]1. The molecule has 1 aromatic rings. The number of nitrogens with two attached hydrogens (primary N) is 1. The summed E-state index contributed by atoms with van der Waals surface area (Å²) in [4.78, 5) is 18.6. The van der Waals surface area contributed by atoms with Crippen molar-refractivity contribution in [2.75, 3.05) is 0 Å². The van der Waals surface area contributed by atoms with Gasteiger partial charge in [0.05, 0.1) is 12.1 Å². The number of nitrogens with one attached hydrogen (secondary N) is 2. The summed E-state index contributed by atoms with van der Waals surface area (Å²) in [5.74, 6) is 0.618. The van der Waals surface area contributed by atoms with E-state index in [9.17, 15) is 4.79 Å². The van der Waals surface area contributed by atoms with Crippen LogP contribution >= 0.6 is 0 Å². The molecule has 15 heavy (non-hydrogen) atoms. The van der Waals surface area contributed by atoms with E-state index in [4.69, 9.17) is 5.73 Å². The van der Waals surface area contributed by atoms with Crippen LogP contribution in [0.4, 0.5) is 0 Å². The van der Waals surface area contributed by atoms with Crippen LogP contribution in [0.15, 0.2) is 12.4 Å². The minimum atomic E-state index is -0.424. The number of aromatic nitrogens is 2. The molecule has 0 aromatic carbocycles. The van der Waals surface area contributed by atoms with Crippen molar-refractivity contribution in [3.8, 4) is 0 Å². The van der Waals surface area contributed by atoms with Crippen molar-refractivity contribution in [1.29, 1.82) is 0 Å². The molecule has 0 saturated heterocycles. The van der Waals surface area contributed by atoms with Crippen LogP contribution in [-0.2, 0) is 4.79 Å². The van der Waals surface area contributed by atoms with Gasteiger partial charge in [-0.05, 0) is 13.3 Å². The first-order chi connectivity index (χ1) is 7.15. The highest BCUT2D eigenvalue weighted by molar-refractivity contribution is 5.81. The number of carbonyl (C=O) groups excluding carboxylic acids is 1. The van der Waals surface area contributed by atoms with Gasteiger partial charge in [-0.3, -0.25) is 4.79 Å². The Labute approximate surface area is 89.5 Å². The molecule has 0 spiro atoms. The maximum Gasteiger partial charge on any atom is 0.237 e. The van der Waals surface area contributed by atoms with E-state index >= 15 is 0 Å². The third kappa shape index (κ3) is 3.36. The Kier molecular flexibility index (Phi) is 4.30. The molecule has 5 nitrogen and oxygen atoms in total. The van der Waals surface area contributed by atoms with Crippen molar-refractivity contribution < 1.29 is 4.79 Å². The molecular weight excluding hydrogens is 192 g/mol. The third-order valence-electron chi connectivity index (χ3n) is 2.22. The molecule has 0 bridgehead atoms. The van der Waals surface area contributed by atoms with Gasteiger partial charge in [-0.1, -0.05) is 13.3 Å². The lowest BCUT2D eigenvalue weighted by molar-refractivity contribution is -0.123. The van der Waals surface area contributed by atoms with Gasteiger partial charge in [0.1, 0.15) is 5.82 Å². The van der Waals surface area contributed by atoms with Crippen LogP contribution in [0.25, 0.3) is 0 Å². The van der Waals surface area contributed by atoms with Gasteiger partial charge in [-0.25, -0.2) is 4.98 Å². The highest BCUT2D eigenvalue weighted by Gasteiger charge is 2.16. The number of hydrogen-bond acceptors (Lipinski definition) is 3. The van der Waals surface area contributed by atoms with Gasteiger partial charge in [0.15, 0.2) is 0 Å². The van der Waals surface area contributed by atoms with Crippen LogP contribution in [0.3, 0.4) is 0 Å². The Morgan fingerprint density at radius 1 is 1.73 bits per heavy atom. The number of carbonyl (C=O) groups is 1. The Morgan fingerprint density at radius 2 is 2.47 bits per heavy atom. The number of amides is 1. The van der Waals surface area contributed by atoms with Crippen LogP contribution in [-0.4, -0.2) is 21.9 Å². The van der Waals surface area contributed by atoms with Crippen molar-refractivity contribution in [1.82, 2.24) is 15.3 Å². The standard InChI is InChI=1S/C10H18N4O/c1-3-4-8(11)10(15)14-7(2)9-12-5-6-13-9/h5-8H,3-4,11H2,1-2H3,(H,12,13)(H,14,15)/t7?,8-/m1/s1. The zero-order chi connectivity index (χ0) is 11.3. The molecule has 1 amide bonds. The lowest BCUT2D eigenvalue weighted by Gasteiger charge is -2.15. The Balaban J connectivity index is 2.44. The van der Waals surface area contributed by atoms with Crippen molar-refractivity contribution in [3.05, 3.63) is 18.2 Å². The average molecular weight is 210 g/mol. The molecular formula is C10H18N4O. The molecule has 1 rings (SSSR count). The second-order valence-corrected chi connectivity index (χ2v) is 3.60. The van der Waals surface area contributed by atoms with Crippen LogP contribution < -0.4 is 11.1 Å². The van der Waals surface area contributed by atoms with Crippen molar-refractivity contribution in [3.63, 3.8) is 0 Å². The average Bonchev–Trinajstić information content (AvgIpc) is 2.70. The number of rotatable bonds is 5. The van der Waals surface area contributed by atoms with Crippen LogP contribution in [0.2, 0.25) is 0 Å². The van der Waals surface area contributed by atoms with Crippen LogP contribution in [0.1, 0.15) is 38.6 Å². The maximum absolute atomic E-state index is 11.6. The Morgan fingerprint density at radius 3 is 3.00 bits per heavy atom. The van der Waals surface area contributed by atoms with E-state index < -0.39 is 6.04 Å². The first kappa shape index (κ1) is 11.7. The first-order valence-electron chi connectivity index (χ1n) is 5.20. The minimum Gasteiger partial charge on any atom is -0.347 e. The predicted octanol–water partition coefficient (Wildman–Crippen LogP) is 0.714. The highest BCUT2D eigenvalue weighted by Crippen LogP contribution is 2.05. The second-order valence-electron chi connectivity index (χ2n) is 3.60. The largest absolute Gasteiger partial charge is 0.347 e. The Bertz CT molecular complexity index is 296. The molecule has 0 radical (unpaired) electrons. The van der Waals surface area contributed by atoms with Gasteiger partial charge in [-0.15, -0.1) is 0 Å². The van der Waals surface area contributed by atoms with Crippen molar-refractivity contribution in [2.45, 2.75) is 38.8 Å². The fraction of sp³-hybridized carbons (Fsp3) is 0.600. The zero-order valence-corrected chi connectivity index (χ0v) is 9.16. The fourth-order valence-electron chi connectivity index (χ4n) is 1.35. The van der Waals surface area contributed by atoms with Gasteiger partial charge in [0.2, 0.25) is 5.91 Å². The van der Waals surface area contributed by atoms with E-state index in [0.29, 0.717) is 6.42 Å². The summed E-state index contributed by atoms with van der Waals surface area (Å²) in [6.45, 7) is 3.87. The molecule has 0 aliphatic rings. The zero-order valence-electron chi connectivity index (χ0n) is 9.16. The van der Waals surface area contributed by atoms with Crippen LogP contribution in [0, 0.1) is 0 Å². The number of nitrogens with zero attached hydrogens (tertiary/aromatic N) is 1. The van der Waals surface area contributed by atoms with Gasteiger partial charge >= 0.3 is 0 Å². The van der Waals surface area contributed by atoms with E-state index in [2.05, 4.69) is 15.3 Å². The lowest BCUT2D eigenvalue weighted by Crippen LogP contribution is -2.41. The summed E-state index contributed by atoms with van der Waals surface area (Å²) in [5.41, 5.74) is 5.69. The topological polar surface area (TPSA) is 83.8 Å². The molecule has 0 aliphatic heterocycles. The normalized spacial score (nSPS) is 14.6. The molecule has 1 heterocycles. The maximum atomic E-state index is 11.6. The molecule has 1 aromatic heterocycles. The monoisotopic (exact) mass is 210 g/mol. The molecule has 0 fully saturated rings. The van der Waals surface area contributed by atoms with Crippen molar-refractivity contribution in [2.24, 2.45) is 5.73 Å².